The van der Waals surface area contributed by atoms with E-state index in [9.17, 15) is 0 Å². The Labute approximate surface area is 108 Å². The Morgan fingerprint density at radius 3 is 3.11 bits per heavy atom. The Hall–Kier alpha value is -1.54. The van der Waals surface area contributed by atoms with Gasteiger partial charge in [-0.2, -0.15) is 0 Å². The molecule has 94 valence electrons. The zero-order valence-electron chi connectivity index (χ0n) is 10.7. The van der Waals surface area contributed by atoms with E-state index in [0.717, 1.165) is 13.1 Å². The number of benzene rings is 1. The number of hydrogen-bond donors (Lipinski definition) is 2. The van der Waals surface area contributed by atoms with E-state index in [1.54, 1.807) is 5.57 Å². The van der Waals surface area contributed by atoms with Crippen molar-refractivity contribution in [3.8, 4) is 0 Å². The van der Waals surface area contributed by atoms with E-state index in [0.29, 0.717) is 0 Å². The molecule has 1 aromatic carbocycles. The number of aromatic amines is 1. The Morgan fingerprint density at radius 1 is 1.22 bits per heavy atom. The number of nitrogens with one attached hydrogen (secondary N) is 2. The molecule has 0 spiro atoms. The summed E-state index contributed by atoms with van der Waals surface area (Å²) < 4.78 is 0. The van der Waals surface area contributed by atoms with E-state index in [-0.39, 0.29) is 0 Å². The number of fused-ring (bicyclic) bond motifs is 1. The van der Waals surface area contributed by atoms with Crippen molar-refractivity contribution in [1.29, 1.82) is 0 Å². The summed E-state index contributed by atoms with van der Waals surface area (Å²) in [6, 6.07) is 8.61. The summed E-state index contributed by atoms with van der Waals surface area (Å²) >= 11 is 0. The van der Waals surface area contributed by atoms with Crippen molar-refractivity contribution >= 4 is 10.9 Å². The van der Waals surface area contributed by atoms with E-state index < -0.39 is 0 Å². The van der Waals surface area contributed by atoms with Crippen molar-refractivity contribution in [3.63, 3.8) is 0 Å². The minimum atomic E-state index is 0.961. The monoisotopic (exact) mass is 240 g/mol. The molecule has 1 aliphatic rings. The van der Waals surface area contributed by atoms with E-state index in [4.69, 9.17) is 0 Å². The lowest BCUT2D eigenvalue weighted by atomic mass is 10.1. The Kier molecular flexibility index (Phi) is 3.47. The third-order valence-electron chi connectivity index (χ3n) is 3.76. The molecule has 2 aromatic rings. The molecule has 2 nitrogen and oxygen atoms in total. The molecule has 0 amide bonds. The summed E-state index contributed by atoms with van der Waals surface area (Å²) in [6.07, 6.45) is 9.60. The second kappa shape index (κ2) is 5.40. The highest BCUT2D eigenvalue weighted by atomic mass is 14.8. The van der Waals surface area contributed by atoms with Gasteiger partial charge in [-0.25, -0.2) is 0 Å². The minimum Gasteiger partial charge on any atom is -0.361 e. The fraction of sp³-hybridized carbons (Fsp3) is 0.375. The normalized spacial score (nSPS) is 15.2. The van der Waals surface area contributed by atoms with Gasteiger partial charge in [0.2, 0.25) is 0 Å². The third-order valence-corrected chi connectivity index (χ3v) is 3.76. The zero-order valence-corrected chi connectivity index (χ0v) is 10.7. The molecular weight excluding hydrogens is 220 g/mol. The fourth-order valence-electron chi connectivity index (χ4n) is 2.74. The minimum absolute atomic E-state index is 0.961. The van der Waals surface area contributed by atoms with Crippen molar-refractivity contribution in [2.75, 3.05) is 6.54 Å². The maximum atomic E-state index is 3.56. The standard InChI is InChI=1S/C16H20N2/c1-2-5-13(4-1)8-10-17-12-14-6-3-7-16-15(14)9-11-18-16/h3-4,6-7,9,11,17-18H,1-2,5,8,10,12H2. The van der Waals surface area contributed by atoms with Gasteiger partial charge in [-0.1, -0.05) is 23.8 Å². The highest BCUT2D eigenvalue weighted by Gasteiger charge is 2.04. The van der Waals surface area contributed by atoms with Crippen LogP contribution < -0.4 is 5.32 Å². The molecule has 2 heteroatoms. The Morgan fingerprint density at radius 2 is 2.22 bits per heavy atom. The van der Waals surface area contributed by atoms with Crippen molar-refractivity contribution in [2.45, 2.75) is 32.2 Å². The number of aromatic nitrogens is 1. The first kappa shape index (κ1) is 11.5. The summed E-state index contributed by atoms with van der Waals surface area (Å²) in [4.78, 5) is 3.26. The molecule has 18 heavy (non-hydrogen) atoms. The maximum absolute atomic E-state index is 3.56. The van der Waals surface area contributed by atoms with Gasteiger partial charge >= 0.3 is 0 Å². The van der Waals surface area contributed by atoms with Crippen LogP contribution in [0.15, 0.2) is 42.1 Å². The first-order valence-electron chi connectivity index (χ1n) is 6.87. The highest BCUT2D eigenvalue weighted by Crippen LogP contribution is 2.20. The lowest BCUT2D eigenvalue weighted by Gasteiger charge is -2.07. The van der Waals surface area contributed by atoms with Gasteiger partial charge in [0.25, 0.3) is 0 Å². The molecule has 0 radical (unpaired) electrons. The predicted molar refractivity (Wildman–Crippen MR) is 76.6 cm³/mol. The van der Waals surface area contributed by atoms with Crippen molar-refractivity contribution < 1.29 is 0 Å². The largest absolute Gasteiger partial charge is 0.361 e. The molecular formula is C16H20N2. The van der Waals surface area contributed by atoms with Crippen LogP contribution in [0, 0.1) is 0 Å². The van der Waals surface area contributed by atoms with Crippen LogP contribution in [-0.2, 0) is 6.54 Å². The Bertz CT molecular complexity index is 551. The topological polar surface area (TPSA) is 27.8 Å². The predicted octanol–water partition coefficient (Wildman–Crippen LogP) is 3.76. The maximum Gasteiger partial charge on any atom is 0.0457 e. The summed E-state index contributed by atoms with van der Waals surface area (Å²) in [5.41, 5.74) is 4.25. The van der Waals surface area contributed by atoms with Gasteiger partial charge in [-0.15, -0.1) is 0 Å². The lowest BCUT2D eigenvalue weighted by molar-refractivity contribution is 0.678. The molecule has 0 fully saturated rings. The van der Waals surface area contributed by atoms with E-state index in [2.05, 4.69) is 40.6 Å². The summed E-state index contributed by atoms with van der Waals surface area (Å²) in [5, 5.41) is 4.89. The third kappa shape index (κ3) is 2.49. The van der Waals surface area contributed by atoms with Gasteiger partial charge in [-0.05, 0) is 49.9 Å². The van der Waals surface area contributed by atoms with Crippen LogP contribution >= 0.6 is 0 Å². The molecule has 0 saturated carbocycles. The number of H-pyrrole nitrogens is 1. The van der Waals surface area contributed by atoms with Crippen LogP contribution in [0.4, 0.5) is 0 Å². The molecule has 3 rings (SSSR count). The number of allylic oxidation sites excluding steroid dienone is 1. The first-order valence-corrected chi connectivity index (χ1v) is 6.87. The van der Waals surface area contributed by atoms with E-state index in [1.807, 2.05) is 6.20 Å². The molecule has 1 heterocycles. The average Bonchev–Trinajstić information content (AvgIpc) is 3.05. The van der Waals surface area contributed by atoms with Crippen LogP contribution in [0.3, 0.4) is 0 Å². The van der Waals surface area contributed by atoms with Crippen LogP contribution in [0.1, 0.15) is 31.2 Å². The van der Waals surface area contributed by atoms with Gasteiger partial charge in [0, 0.05) is 23.6 Å². The summed E-state index contributed by atoms with van der Waals surface area (Å²) in [5.74, 6) is 0. The highest BCUT2D eigenvalue weighted by molar-refractivity contribution is 5.82. The molecule has 0 unspecified atom stereocenters. The molecule has 0 saturated heterocycles. The molecule has 1 aliphatic carbocycles. The summed E-state index contributed by atoms with van der Waals surface area (Å²) in [7, 11) is 0. The lowest BCUT2D eigenvalue weighted by Crippen LogP contribution is -2.15. The number of hydrogen-bond acceptors (Lipinski definition) is 1. The second-order valence-corrected chi connectivity index (χ2v) is 5.04. The van der Waals surface area contributed by atoms with Crippen molar-refractivity contribution in [2.24, 2.45) is 0 Å². The molecule has 0 bridgehead atoms. The van der Waals surface area contributed by atoms with E-state index in [1.165, 1.54) is 42.1 Å². The van der Waals surface area contributed by atoms with Crippen LogP contribution in [0.2, 0.25) is 0 Å². The van der Waals surface area contributed by atoms with Gasteiger partial charge in [-0.3, -0.25) is 0 Å². The van der Waals surface area contributed by atoms with Gasteiger partial charge in [0.15, 0.2) is 0 Å². The second-order valence-electron chi connectivity index (χ2n) is 5.04. The van der Waals surface area contributed by atoms with Gasteiger partial charge in [0.05, 0.1) is 0 Å². The van der Waals surface area contributed by atoms with Crippen molar-refractivity contribution in [3.05, 3.63) is 47.7 Å². The van der Waals surface area contributed by atoms with Crippen LogP contribution in [-0.4, -0.2) is 11.5 Å². The SMILES string of the molecule is C1=C(CCNCc2cccc3[nH]ccc23)CCC1. The molecule has 0 aliphatic heterocycles. The van der Waals surface area contributed by atoms with E-state index >= 15 is 0 Å². The molecule has 2 N–H and O–H groups in total. The van der Waals surface area contributed by atoms with Crippen LogP contribution in [0.5, 0.6) is 0 Å². The first-order chi connectivity index (χ1) is 8.93. The van der Waals surface area contributed by atoms with Crippen LogP contribution in [0.25, 0.3) is 10.9 Å². The molecule has 1 aromatic heterocycles. The number of rotatable bonds is 5. The summed E-state index contributed by atoms with van der Waals surface area (Å²) in [6.45, 7) is 2.05. The Balaban J connectivity index is 1.55. The van der Waals surface area contributed by atoms with Crippen molar-refractivity contribution in [1.82, 2.24) is 10.3 Å². The quantitative estimate of drug-likeness (QED) is 0.604. The smallest absolute Gasteiger partial charge is 0.0457 e. The van der Waals surface area contributed by atoms with Gasteiger partial charge < -0.3 is 10.3 Å². The zero-order chi connectivity index (χ0) is 12.2. The molecule has 0 atom stereocenters. The fourth-order valence-corrected chi connectivity index (χ4v) is 2.74. The average molecular weight is 240 g/mol. The van der Waals surface area contributed by atoms with Gasteiger partial charge in [0.1, 0.15) is 0 Å².